The molecule has 0 N–H and O–H groups in total. The number of rotatable bonds is 5. The molecule has 45 heavy (non-hydrogen) atoms. The van der Waals surface area contributed by atoms with E-state index in [2.05, 4.69) is 54.6 Å². The van der Waals surface area contributed by atoms with E-state index in [4.69, 9.17) is 19.4 Å². The zero-order valence-electron chi connectivity index (χ0n) is 24.1. The van der Waals surface area contributed by atoms with Crippen LogP contribution in [0.15, 0.2) is 150 Å². The zero-order valence-corrected chi connectivity index (χ0v) is 24.1. The molecule has 0 saturated heterocycles. The lowest BCUT2D eigenvalue weighted by Gasteiger charge is -2.11. The summed E-state index contributed by atoms with van der Waals surface area (Å²) in [5, 5.41) is 11.7. The van der Waals surface area contributed by atoms with Gasteiger partial charge >= 0.3 is 0 Å². The summed E-state index contributed by atoms with van der Waals surface area (Å²) < 4.78 is 6.17. The number of nitrogens with zero attached hydrogens (tertiary/aromatic N) is 4. The van der Waals surface area contributed by atoms with Crippen LogP contribution in [0, 0.1) is 11.3 Å². The molecule has 5 heteroatoms. The topological polar surface area (TPSA) is 75.6 Å². The van der Waals surface area contributed by atoms with Crippen LogP contribution in [-0.2, 0) is 0 Å². The third kappa shape index (κ3) is 4.91. The van der Waals surface area contributed by atoms with Gasteiger partial charge in [0.25, 0.3) is 0 Å². The summed E-state index contributed by atoms with van der Waals surface area (Å²) in [5.74, 6) is 1.57. The highest BCUT2D eigenvalue weighted by Gasteiger charge is 2.19. The molecule has 0 spiro atoms. The summed E-state index contributed by atoms with van der Waals surface area (Å²) >= 11 is 0. The highest BCUT2D eigenvalue weighted by molar-refractivity contribution is 6.12. The Morgan fingerprint density at radius 2 is 0.911 bits per heavy atom. The summed E-state index contributed by atoms with van der Waals surface area (Å²) in [6, 6.07) is 50.8. The molecule has 0 atom stereocenters. The molecule has 2 heterocycles. The molecule has 6 aromatic carbocycles. The molecular formula is C40H24N4O. The van der Waals surface area contributed by atoms with E-state index in [1.54, 1.807) is 6.07 Å². The van der Waals surface area contributed by atoms with Crippen molar-refractivity contribution in [2.45, 2.75) is 0 Å². The van der Waals surface area contributed by atoms with Crippen LogP contribution in [0.2, 0.25) is 0 Å². The van der Waals surface area contributed by atoms with Crippen molar-refractivity contribution in [3.05, 3.63) is 151 Å². The molecule has 0 aliphatic heterocycles. The van der Waals surface area contributed by atoms with Crippen molar-refractivity contribution in [3.63, 3.8) is 0 Å². The fourth-order valence-electron chi connectivity index (χ4n) is 5.73. The van der Waals surface area contributed by atoms with Gasteiger partial charge in [-0.05, 0) is 40.5 Å². The molecule has 0 aliphatic rings. The fraction of sp³-hybridized carbons (Fsp3) is 0. The Labute approximate surface area is 259 Å². The summed E-state index contributed by atoms with van der Waals surface area (Å²) in [6.07, 6.45) is 0. The molecular weight excluding hydrogens is 552 g/mol. The summed E-state index contributed by atoms with van der Waals surface area (Å²) in [6.45, 7) is 0. The maximum absolute atomic E-state index is 9.90. The average Bonchev–Trinajstić information content (AvgIpc) is 3.50. The highest BCUT2D eigenvalue weighted by Crippen LogP contribution is 2.37. The van der Waals surface area contributed by atoms with Gasteiger partial charge in [-0.3, -0.25) is 0 Å². The Kier molecular flexibility index (Phi) is 6.44. The molecule has 8 rings (SSSR count). The maximum atomic E-state index is 9.90. The predicted molar refractivity (Wildman–Crippen MR) is 179 cm³/mol. The van der Waals surface area contributed by atoms with E-state index in [-0.39, 0.29) is 0 Å². The third-order valence-electron chi connectivity index (χ3n) is 7.98. The van der Waals surface area contributed by atoms with Gasteiger partial charge in [0.05, 0.1) is 11.6 Å². The van der Waals surface area contributed by atoms with Gasteiger partial charge in [-0.15, -0.1) is 0 Å². The van der Waals surface area contributed by atoms with Crippen LogP contribution < -0.4 is 0 Å². The molecule has 0 amide bonds. The second-order valence-electron chi connectivity index (χ2n) is 10.8. The number of hydrogen-bond donors (Lipinski definition) is 0. The van der Waals surface area contributed by atoms with E-state index in [0.717, 1.165) is 55.3 Å². The molecule has 5 nitrogen and oxygen atoms in total. The average molecular weight is 577 g/mol. The molecule has 8 aromatic rings. The summed E-state index contributed by atoms with van der Waals surface area (Å²) in [5.41, 5.74) is 8.79. The minimum Gasteiger partial charge on any atom is -0.456 e. The van der Waals surface area contributed by atoms with E-state index in [1.807, 2.05) is 91.0 Å². The van der Waals surface area contributed by atoms with E-state index >= 15 is 0 Å². The number of para-hydroxylation sites is 1. The van der Waals surface area contributed by atoms with Crippen LogP contribution in [0.3, 0.4) is 0 Å². The van der Waals surface area contributed by atoms with Crippen molar-refractivity contribution in [1.82, 2.24) is 15.0 Å². The summed E-state index contributed by atoms with van der Waals surface area (Å²) in [7, 11) is 0. The number of hydrogen-bond acceptors (Lipinski definition) is 5. The SMILES string of the molecule is N#Cc1cc(-c2nc(-c3ccc(-c4ccccc4)cc3)nc(-c3ccc(-c4ccccc4)cc3)n2)c2c(c1)oc1ccccc12. The van der Waals surface area contributed by atoms with Gasteiger partial charge in [-0.1, -0.05) is 127 Å². The largest absolute Gasteiger partial charge is 0.456 e. The molecule has 0 fully saturated rings. The molecule has 0 radical (unpaired) electrons. The van der Waals surface area contributed by atoms with Gasteiger partial charge in [0.15, 0.2) is 17.5 Å². The Morgan fingerprint density at radius 1 is 0.444 bits per heavy atom. The highest BCUT2D eigenvalue weighted by atomic mass is 16.3. The van der Waals surface area contributed by atoms with Crippen LogP contribution >= 0.6 is 0 Å². The van der Waals surface area contributed by atoms with Crippen molar-refractivity contribution in [2.75, 3.05) is 0 Å². The molecule has 0 aliphatic carbocycles. The van der Waals surface area contributed by atoms with Crippen LogP contribution in [0.4, 0.5) is 0 Å². The number of benzene rings is 6. The first-order valence-corrected chi connectivity index (χ1v) is 14.7. The fourth-order valence-corrected chi connectivity index (χ4v) is 5.73. The van der Waals surface area contributed by atoms with Crippen molar-refractivity contribution in [3.8, 4) is 62.5 Å². The first-order chi connectivity index (χ1) is 22.2. The number of nitriles is 1. The minimum absolute atomic E-state index is 0.472. The lowest BCUT2D eigenvalue weighted by atomic mass is 10.0. The predicted octanol–water partition coefficient (Wildman–Crippen LogP) is 9.98. The van der Waals surface area contributed by atoms with Gasteiger partial charge in [-0.25, -0.2) is 15.0 Å². The third-order valence-corrected chi connectivity index (χ3v) is 7.98. The Morgan fingerprint density at radius 3 is 1.47 bits per heavy atom. The first kappa shape index (κ1) is 26.3. The zero-order chi connectivity index (χ0) is 30.2. The molecule has 2 aromatic heterocycles. The van der Waals surface area contributed by atoms with Crippen molar-refractivity contribution < 1.29 is 4.42 Å². The standard InChI is InChI=1S/C40H24N4O/c41-25-26-23-34(37-33-13-7-8-14-35(33)45-36(37)24-26)40-43-38(31-19-15-29(16-20-31)27-9-3-1-4-10-27)42-39(44-40)32-21-17-30(18-22-32)28-11-5-2-6-12-28/h1-24H. The van der Waals surface area contributed by atoms with Crippen LogP contribution in [0.5, 0.6) is 0 Å². The second kappa shape index (κ2) is 11.0. The monoisotopic (exact) mass is 576 g/mol. The second-order valence-corrected chi connectivity index (χ2v) is 10.8. The first-order valence-electron chi connectivity index (χ1n) is 14.7. The van der Waals surface area contributed by atoms with E-state index in [1.165, 1.54) is 0 Å². The number of aromatic nitrogens is 3. The minimum atomic E-state index is 0.472. The lowest BCUT2D eigenvalue weighted by Crippen LogP contribution is -2.01. The molecule has 0 bridgehead atoms. The summed E-state index contributed by atoms with van der Waals surface area (Å²) in [4.78, 5) is 15.0. The van der Waals surface area contributed by atoms with Crippen LogP contribution in [0.1, 0.15) is 5.56 Å². The maximum Gasteiger partial charge on any atom is 0.164 e. The molecule has 0 unspecified atom stereocenters. The van der Waals surface area contributed by atoms with Gasteiger partial charge in [0.1, 0.15) is 11.2 Å². The Hall–Kier alpha value is -6.38. The van der Waals surface area contributed by atoms with Gasteiger partial charge in [0.2, 0.25) is 0 Å². The van der Waals surface area contributed by atoms with Crippen molar-refractivity contribution in [1.29, 1.82) is 5.26 Å². The van der Waals surface area contributed by atoms with E-state index in [0.29, 0.717) is 28.6 Å². The van der Waals surface area contributed by atoms with E-state index in [9.17, 15) is 5.26 Å². The van der Waals surface area contributed by atoms with E-state index < -0.39 is 0 Å². The van der Waals surface area contributed by atoms with Crippen LogP contribution in [0.25, 0.3) is 78.4 Å². The molecule has 210 valence electrons. The smallest absolute Gasteiger partial charge is 0.164 e. The Balaban J connectivity index is 1.32. The normalized spacial score (nSPS) is 11.1. The quantitative estimate of drug-likeness (QED) is 0.204. The van der Waals surface area contributed by atoms with Gasteiger partial charge < -0.3 is 4.42 Å². The van der Waals surface area contributed by atoms with Gasteiger partial charge in [-0.2, -0.15) is 5.26 Å². The number of furan rings is 1. The number of fused-ring (bicyclic) bond motifs is 3. The van der Waals surface area contributed by atoms with Gasteiger partial charge in [0, 0.05) is 27.5 Å². The molecule has 0 saturated carbocycles. The van der Waals surface area contributed by atoms with Crippen molar-refractivity contribution >= 4 is 21.9 Å². The van der Waals surface area contributed by atoms with Crippen LogP contribution in [-0.4, -0.2) is 15.0 Å². The lowest BCUT2D eigenvalue weighted by molar-refractivity contribution is 0.669. The van der Waals surface area contributed by atoms with Crippen molar-refractivity contribution in [2.24, 2.45) is 0 Å². The Bertz CT molecular complexity index is 2250.